The molecule has 1 heterocycles. The summed E-state index contributed by atoms with van der Waals surface area (Å²) in [6.45, 7) is 4.68. The van der Waals surface area contributed by atoms with Crippen LogP contribution in [-0.2, 0) is 26.2 Å². The molecule has 7 heteroatoms. The van der Waals surface area contributed by atoms with Gasteiger partial charge in [0.05, 0.1) is 6.26 Å². The number of likely N-dealkylation sites (tertiary alicyclic amines) is 1. The number of benzene rings is 1. The molecule has 1 unspecified atom stereocenters. The summed E-state index contributed by atoms with van der Waals surface area (Å²) in [4.78, 5) is 25.6. The van der Waals surface area contributed by atoms with E-state index in [1.807, 2.05) is 29.0 Å². The van der Waals surface area contributed by atoms with E-state index in [2.05, 4.69) is 13.8 Å². The van der Waals surface area contributed by atoms with Crippen molar-refractivity contribution in [3.8, 4) is 0 Å². The van der Waals surface area contributed by atoms with Gasteiger partial charge in [-0.2, -0.15) is 0 Å². The Bertz CT molecular complexity index is 711. The van der Waals surface area contributed by atoms with Gasteiger partial charge in [0, 0.05) is 25.4 Å². The summed E-state index contributed by atoms with van der Waals surface area (Å²) in [6.07, 6.45) is 1.91. The second kappa shape index (κ2) is 7.34. The standard InChI is InChI=1S/C17H24N2O4S/c1-12(2)14-6-4-13(5-7-14)11-19-15(8-9-17(19)21)10-16(20)18-24(3,22)23/h4-7,12,15H,8-11H2,1-3H3,(H,18,20). The number of amides is 2. The van der Waals surface area contributed by atoms with Crippen molar-refractivity contribution in [2.24, 2.45) is 0 Å². The molecule has 0 aromatic heterocycles. The van der Waals surface area contributed by atoms with Crippen LogP contribution in [0.3, 0.4) is 0 Å². The zero-order valence-electron chi connectivity index (χ0n) is 14.3. The lowest BCUT2D eigenvalue weighted by Crippen LogP contribution is -2.38. The first-order valence-corrected chi connectivity index (χ1v) is 9.94. The number of hydrogen-bond donors (Lipinski definition) is 1. The summed E-state index contributed by atoms with van der Waals surface area (Å²) in [6, 6.07) is 7.82. The number of sulfonamides is 1. The molecular formula is C17H24N2O4S. The molecule has 0 bridgehead atoms. The van der Waals surface area contributed by atoms with Crippen molar-refractivity contribution >= 4 is 21.8 Å². The maximum atomic E-state index is 12.1. The summed E-state index contributed by atoms with van der Waals surface area (Å²) >= 11 is 0. The van der Waals surface area contributed by atoms with Crippen molar-refractivity contribution in [3.63, 3.8) is 0 Å². The van der Waals surface area contributed by atoms with E-state index >= 15 is 0 Å². The Hall–Kier alpha value is -1.89. The van der Waals surface area contributed by atoms with Gasteiger partial charge in [-0.15, -0.1) is 0 Å². The monoisotopic (exact) mass is 352 g/mol. The van der Waals surface area contributed by atoms with Gasteiger partial charge >= 0.3 is 0 Å². The normalized spacial score (nSPS) is 18.2. The molecule has 1 fully saturated rings. The maximum Gasteiger partial charge on any atom is 0.235 e. The van der Waals surface area contributed by atoms with Crippen LogP contribution in [0, 0.1) is 0 Å². The second-order valence-electron chi connectivity index (χ2n) is 6.61. The highest BCUT2D eigenvalue weighted by molar-refractivity contribution is 7.89. The van der Waals surface area contributed by atoms with Crippen LogP contribution < -0.4 is 4.72 Å². The molecule has 24 heavy (non-hydrogen) atoms. The Morgan fingerprint density at radius 2 is 1.92 bits per heavy atom. The second-order valence-corrected chi connectivity index (χ2v) is 8.36. The number of rotatable bonds is 6. The van der Waals surface area contributed by atoms with E-state index in [-0.39, 0.29) is 18.4 Å². The predicted octanol–water partition coefficient (Wildman–Crippen LogP) is 1.77. The zero-order valence-corrected chi connectivity index (χ0v) is 15.1. The third-order valence-electron chi connectivity index (χ3n) is 4.17. The molecule has 1 aliphatic heterocycles. The van der Waals surface area contributed by atoms with Crippen molar-refractivity contribution in [2.75, 3.05) is 6.26 Å². The molecule has 2 rings (SSSR count). The average Bonchev–Trinajstić information content (AvgIpc) is 2.78. The number of nitrogens with zero attached hydrogens (tertiary/aromatic N) is 1. The molecule has 1 saturated heterocycles. The van der Waals surface area contributed by atoms with Crippen LogP contribution in [0.1, 0.15) is 50.2 Å². The van der Waals surface area contributed by atoms with Gasteiger partial charge in [-0.25, -0.2) is 8.42 Å². The molecule has 2 amide bonds. The summed E-state index contributed by atoms with van der Waals surface area (Å²) in [5.41, 5.74) is 2.23. The van der Waals surface area contributed by atoms with Gasteiger partial charge in [0.25, 0.3) is 0 Å². The highest BCUT2D eigenvalue weighted by atomic mass is 32.2. The van der Waals surface area contributed by atoms with E-state index in [9.17, 15) is 18.0 Å². The van der Waals surface area contributed by atoms with Crippen molar-refractivity contribution in [2.45, 2.75) is 51.6 Å². The number of hydrogen-bond acceptors (Lipinski definition) is 4. The highest BCUT2D eigenvalue weighted by Crippen LogP contribution is 2.24. The Morgan fingerprint density at radius 1 is 1.29 bits per heavy atom. The number of carbonyl (C=O) groups is 2. The summed E-state index contributed by atoms with van der Waals surface area (Å²) in [7, 11) is -3.57. The van der Waals surface area contributed by atoms with Crippen LogP contribution in [0.15, 0.2) is 24.3 Å². The van der Waals surface area contributed by atoms with Gasteiger partial charge < -0.3 is 4.90 Å². The Balaban J connectivity index is 2.03. The lowest BCUT2D eigenvalue weighted by Gasteiger charge is -2.24. The molecule has 1 aromatic carbocycles. The number of carbonyl (C=O) groups excluding carboxylic acids is 2. The minimum atomic E-state index is -3.57. The molecular weight excluding hydrogens is 328 g/mol. The fourth-order valence-corrected chi connectivity index (χ4v) is 3.39. The quantitative estimate of drug-likeness (QED) is 0.846. The van der Waals surface area contributed by atoms with Crippen molar-refractivity contribution in [3.05, 3.63) is 35.4 Å². The first-order valence-electron chi connectivity index (χ1n) is 8.04. The molecule has 132 valence electrons. The van der Waals surface area contributed by atoms with Crippen LogP contribution in [-0.4, -0.2) is 37.4 Å². The summed E-state index contributed by atoms with van der Waals surface area (Å²) in [5, 5.41) is 0. The maximum absolute atomic E-state index is 12.1. The van der Waals surface area contributed by atoms with Crippen molar-refractivity contribution in [1.29, 1.82) is 0 Å². The lowest BCUT2D eigenvalue weighted by molar-refractivity contribution is -0.130. The predicted molar refractivity (Wildman–Crippen MR) is 91.7 cm³/mol. The lowest BCUT2D eigenvalue weighted by atomic mass is 10.0. The van der Waals surface area contributed by atoms with Crippen LogP contribution in [0.2, 0.25) is 0 Å². The third kappa shape index (κ3) is 5.06. The highest BCUT2D eigenvalue weighted by Gasteiger charge is 2.32. The molecule has 0 aliphatic carbocycles. The van der Waals surface area contributed by atoms with Gasteiger partial charge in [0.1, 0.15) is 0 Å². The van der Waals surface area contributed by atoms with Crippen LogP contribution >= 0.6 is 0 Å². The Kier molecular flexibility index (Phi) is 5.64. The minimum absolute atomic E-state index is 0.0000849. The van der Waals surface area contributed by atoms with Crippen LogP contribution in [0.25, 0.3) is 0 Å². The first-order chi connectivity index (χ1) is 11.2. The largest absolute Gasteiger partial charge is 0.335 e. The molecule has 1 aromatic rings. The van der Waals surface area contributed by atoms with Crippen LogP contribution in [0.4, 0.5) is 0 Å². The van der Waals surface area contributed by atoms with Crippen molar-refractivity contribution < 1.29 is 18.0 Å². The molecule has 0 spiro atoms. The first kappa shape index (κ1) is 18.4. The summed E-state index contributed by atoms with van der Waals surface area (Å²) in [5.74, 6) is -0.127. The van der Waals surface area contributed by atoms with E-state index in [0.29, 0.717) is 25.3 Å². The fourth-order valence-electron chi connectivity index (χ4n) is 2.89. The van der Waals surface area contributed by atoms with E-state index < -0.39 is 15.9 Å². The molecule has 1 aliphatic rings. The molecule has 1 N–H and O–H groups in total. The summed E-state index contributed by atoms with van der Waals surface area (Å²) < 4.78 is 24.2. The Morgan fingerprint density at radius 3 is 2.46 bits per heavy atom. The Labute approximate surface area is 143 Å². The fraction of sp³-hybridized carbons (Fsp3) is 0.529. The molecule has 1 atom stereocenters. The zero-order chi connectivity index (χ0) is 17.9. The average molecular weight is 352 g/mol. The smallest absolute Gasteiger partial charge is 0.235 e. The van der Waals surface area contributed by atoms with E-state index in [0.717, 1.165) is 11.8 Å². The van der Waals surface area contributed by atoms with Gasteiger partial charge in [-0.05, 0) is 23.5 Å². The molecule has 6 nitrogen and oxygen atoms in total. The molecule has 0 saturated carbocycles. The SMILES string of the molecule is CC(C)c1ccc(CN2C(=O)CCC2CC(=O)NS(C)(=O)=O)cc1. The molecule has 0 radical (unpaired) electrons. The van der Waals surface area contributed by atoms with Gasteiger partial charge in [0.15, 0.2) is 0 Å². The van der Waals surface area contributed by atoms with Crippen LogP contribution in [0.5, 0.6) is 0 Å². The van der Waals surface area contributed by atoms with Gasteiger partial charge in [0.2, 0.25) is 21.8 Å². The minimum Gasteiger partial charge on any atom is -0.335 e. The topological polar surface area (TPSA) is 83.6 Å². The van der Waals surface area contributed by atoms with E-state index in [1.54, 1.807) is 4.90 Å². The van der Waals surface area contributed by atoms with Gasteiger partial charge in [-0.1, -0.05) is 38.1 Å². The number of nitrogens with one attached hydrogen (secondary N) is 1. The van der Waals surface area contributed by atoms with E-state index in [1.165, 1.54) is 5.56 Å². The third-order valence-corrected chi connectivity index (χ3v) is 4.77. The van der Waals surface area contributed by atoms with Gasteiger partial charge in [-0.3, -0.25) is 14.3 Å². The van der Waals surface area contributed by atoms with Crippen molar-refractivity contribution in [1.82, 2.24) is 9.62 Å². The van der Waals surface area contributed by atoms with E-state index in [4.69, 9.17) is 0 Å².